The summed E-state index contributed by atoms with van der Waals surface area (Å²) in [6, 6.07) is 0.252. The van der Waals surface area contributed by atoms with E-state index in [1.807, 2.05) is 4.90 Å². The fraction of sp³-hybridized carbons (Fsp3) is 0.867. The highest BCUT2D eigenvalue weighted by molar-refractivity contribution is 5.89. The molecule has 21 heavy (non-hydrogen) atoms. The molecule has 0 aromatic carbocycles. The van der Waals surface area contributed by atoms with E-state index in [2.05, 4.69) is 5.32 Å². The third-order valence-electron chi connectivity index (χ3n) is 4.69. The summed E-state index contributed by atoms with van der Waals surface area (Å²) >= 11 is 0. The molecule has 3 heterocycles. The topological polar surface area (TPSA) is 67.9 Å². The van der Waals surface area contributed by atoms with Crippen molar-refractivity contribution >= 4 is 11.8 Å². The summed E-state index contributed by atoms with van der Waals surface area (Å²) < 4.78 is 10.8. The number of rotatable bonds is 4. The number of ether oxygens (including phenoxy) is 2. The number of nitrogens with zero attached hydrogens (tertiary/aromatic N) is 1. The van der Waals surface area contributed by atoms with Crippen LogP contribution in [0.4, 0.5) is 0 Å². The monoisotopic (exact) mass is 296 g/mol. The van der Waals surface area contributed by atoms with Crippen LogP contribution in [-0.4, -0.2) is 61.8 Å². The van der Waals surface area contributed by atoms with Crippen LogP contribution in [0, 0.1) is 5.92 Å². The van der Waals surface area contributed by atoms with Crippen LogP contribution in [-0.2, 0) is 19.1 Å². The van der Waals surface area contributed by atoms with Crippen molar-refractivity contribution in [1.29, 1.82) is 0 Å². The lowest BCUT2D eigenvalue weighted by Gasteiger charge is -2.31. The Morgan fingerprint density at radius 2 is 2.05 bits per heavy atom. The Balaban J connectivity index is 1.47. The van der Waals surface area contributed by atoms with Gasteiger partial charge in [0.25, 0.3) is 0 Å². The first-order valence-corrected chi connectivity index (χ1v) is 8.00. The normalized spacial score (nSPS) is 30.9. The third-order valence-corrected chi connectivity index (χ3v) is 4.69. The van der Waals surface area contributed by atoms with E-state index in [1.54, 1.807) is 0 Å². The Bertz CT molecular complexity index is 389. The number of likely N-dealkylation sites (tertiary alicyclic amines) is 1. The minimum atomic E-state index is -0.207. The maximum atomic E-state index is 12.2. The van der Waals surface area contributed by atoms with Gasteiger partial charge in [0.15, 0.2) is 0 Å². The highest BCUT2D eigenvalue weighted by Gasteiger charge is 2.38. The lowest BCUT2D eigenvalue weighted by molar-refractivity contribution is -0.131. The zero-order valence-corrected chi connectivity index (χ0v) is 12.4. The average Bonchev–Trinajstić information content (AvgIpc) is 3.15. The fourth-order valence-corrected chi connectivity index (χ4v) is 3.42. The first kappa shape index (κ1) is 14.8. The summed E-state index contributed by atoms with van der Waals surface area (Å²) in [5.41, 5.74) is 0. The quantitative estimate of drug-likeness (QED) is 0.811. The summed E-state index contributed by atoms with van der Waals surface area (Å²) in [7, 11) is 0. The molecule has 2 atom stereocenters. The van der Waals surface area contributed by atoms with E-state index in [0.29, 0.717) is 32.7 Å². The van der Waals surface area contributed by atoms with Crippen molar-refractivity contribution in [2.75, 3.05) is 32.9 Å². The lowest BCUT2D eigenvalue weighted by atomic mass is 10.1. The lowest BCUT2D eigenvalue weighted by Crippen LogP contribution is -2.42. The van der Waals surface area contributed by atoms with Gasteiger partial charge in [-0.3, -0.25) is 9.59 Å². The summed E-state index contributed by atoms with van der Waals surface area (Å²) in [6.07, 6.45) is 4.34. The van der Waals surface area contributed by atoms with Crippen molar-refractivity contribution in [3.8, 4) is 0 Å². The molecule has 6 heteroatoms. The van der Waals surface area contributed by atoms with Gasteiger partial charge in [0.2, 0.25) is 11.8 Å². The molecular formula is C15H24N2O4. The molecule has 118 valence electrons. The van der Waals surface area contributed by atoms with Crippen LogP contribution in [0.15, 0.2) is 0 Å². The Morgan fingerprint density at radius 3 is 2.76 bits per heavy atom. The predicted molar refractivity (Wildman–Crippen MR) is 75.6 cm³/mol. The van der Waals surface area contributed by atoms with Crippen molar-refractivity contribution in [3.05, 3.63) is 0 Å². The van der Waals surface area contributed by atoms with E-state index in [-0.39, 0.29) is 29.9 Å². The summed E-state index contributed by atoms with van der Waals surface area (Å²) in [5, 5.41) is 2.94. The molecule has 6 nitrogen and oxygen atoms in total. The van der Waals surface area contributed by atoms with E-state index in [0.717, 1.165) is 32.3 Å². The SMILES string of the molecule is O=C(NC[C@@H]1CCCO1)[C@H]1CC(=O)N(C2CCOCC2)C1. The molecule has 0 aliphatic carbocycles. The van der Waals surface area contributed by atoms with Gasteiger partial charge in [-0.15, -0.1) is 0 Å². The second kappa shape index (κ2) is 6.75. The molecule has 0 aromatic heterocycles. The molecule has 0 unspecified atom stereocenters. The van der Waals surface area contributed by atoms with Crippen molar-refractivity contribution in [1.82, 2.24) is 10.2 Å². The molecule has 0 bridgehead atoms. The minimum absolute atomic E-state index is 0.00610. The second-order valence-corrected chi connectivity index (χ2v) is 6.17. The molecule has 3 aliphatic rings. The Hall–Kier alpha value is -1.14. The van der Waals surface area contributed by atoms with Gasteiger partial charge in [-0.25, -0.2) is 0 Å². The van der Waals surface area contributed by atoms with Gasteiger partial charge >= 0.3 is 0 Å². The maximum Gasteiger partial charge on any atom is 0.225 e. The first-order chi connectivity index (χ1) is 10.2. The van der Waals surface area contributed by atoms with Gasteiger partial charge in [-0.05, 0) is 25.7 Å². The summed E-state index contributed by atoms with van der Waals surface area (Å²) in [6.45, 7) is 3.34. The number of nitrogens with one attached hydrogen (secondary N) is 1. The van der Waals surface area contributed by atoms with Crippen LogP contribution < -0.4 is 5.32 Å². The second-order valence-electron chi connectivity index (χ2n) is 6.17. The number of amides is 2. The summed E-state index contributed by atoms with van der Waals surface area (Å²) in [5.74, 6) is -0.102. The first-order valence-electron chi connectivity index (χ1n) is 8.00. The molecule has 2 amide bonds. The number of hydrogen-bond acceptors (Lipinski definition) is 4. The third kappa shape index (κ3) is 3.55. The molecular weight excluding hydrogens is 272 g/mol. The van der Waals surface area contributed by atoms with Gasteiger partial charge in [-0.1, -0.05) is 0 Å². The number of carbonyl (C=O) groups excluding carboxylic acids is 2. The van der Waals surface area contributed by atoms with Crippen molar-refractivity contribution in [3.63, 3.8) is 0 Å². The van der Waals surface area contributed by atoms with Crippen LogP contribution in [0.5, 0.6) is 0 Å². The zero-order chi connectivity index (χ0) is 14.7. The molecule has 0 radical (unpaired) electrons. The molecule has 1 N–H and O–H groups in total. The zero-order valence-electron chi connectivity index (χ0n) is 12.4. The van der Waals surface area contributed by atoms with Crippen LogP contribution >= 0.6 is 0 Å². The van der Waals surface area contributed by atoms with Crippen molar-refractivity contribution < 1.29 is 19.1 Å². The van der Waals surface area contributed by atoms with E-state index in [1.165, 1.54) is 0 Å². The van der Waals surface area contributed by atoms with Gasteiger partial charge in [-0.2, -0.15) is 0 Å². The number of hydrogen-bond donors (Lipinski definition) is 1. The van der Waals surface area contributed by atoms with Gasteiger partial charge in [0, 0.05) is 45.4 Å². The van der Waals surface area contributed by atoms with E-state index < -0.39 is 0 Å². The van der Waals surface area contributed by atoms with E-state index in [4.69, 9.17) is 9.47 Å². The highest BCUT2D eigenvalue weighted by atomic mass is 16.5. The highest BCUT2D eigenvalue weighted by Crippen LogP contribution is 2.25. The average molecular weight is 296 g/mol. The largest absolute Gasteiger partial charge is 0.381 e. The molecule has 3 fully saturated rings. The Morgan fingerprint density at radius 1 is 1.24 bits per heavy atom. The summed E-state index contributed by atoms with van der Waals surface area (Å²) in [4.78, 5) is 26.2. The van der Waals surface area contributed by atoms with Gasteiger partial charge < -0.3 is 19.7 Å². The number of carbonyl (C=O) groups is 2. The molecule has 0 spiro atoms. The van der Waals surface area contributed by atoms with Crippen LogP contribution in [0.3, 0.4) is 0 Å². The van der Waals surface area contributed by atoms with Crippen molar-refractivity contribution in [2.45, 2.75) is 44.2 Å². The molecule has 3 aliphatic heterocycles. The smallest absolute Gasteiger partial charge is 0.225 e. The Labute approximate surface area is 125 Å². The van der Waals surface area contributed by atoms with Crippen molar-refractivity contribution in [2.24, 2.45) is 5.92 Å². The molecule has 0 saturated carbocycles. The Kier molecular flexibility index (Phi) is 4.75. The molecule has 0 aromatic rings. The van der Waals surface area contributed by atoms with E-state index >= 15 is 0 Å². The molecule has 3 rings (SSSR count). The minimum Gasteiger partial charge on any atom is -0.381 e. The maximum absolute atomic E-state index is 12.2. The van der Waals surface area contributed by atoms with Crippen LogP contribution in [0.1, 0.15) is 32.1 Å². The van der Waals surface area contributed by atoms with Crippen LogP contribution in [0.2, 0.25) is 0 Å². The van der Waals surface area contributed by atoms with Gasteiger partial charge in [0.1, 0.15) is 0 Å². The fourth-order valence-electron chi connectivity index (χ4n) is 3.42. The standard InChI is InChI=1S/C15H24N2O4/c18-14-8-11(10-17(14)12-3-6-20-7-4-12)15(19)16-9-13-2-1-5-21-13/h11-13H,1-10H2,(H,16,19)/t11-,13-/m0/s1. The van der Waals surface area contributed by atoms with Gasteiger partial charge in [0.05, 0.1) is 12.0 Å². The van der Waals surface area contributed by atoms with E-state index in [9.17, 15) is 9.59 Å². The molecule has 3 saturated heterocycles. The van der Waals surface area contributed by atoms with Crippen LogP contribution in [0.25, 0.3) is 0 Å². The predicted octanol–water partition coefficient (Wildman–Crippen LogP) is 0.309.